The molecule has 1 aromatic carbocycles. The van der Waals surface area contributed by atoms with Crippen molar-refractivity contribution in [3.8, 4) is 0 Å². The zero-order valence-corrected chi connectivity index (χ0v) is 14.4. The largest absolute Gasteiger partial charge is 0.352 e. The highest BCUT2D eigenvalue weighted by Crippen LogP contribution is 2.11. The third-order valence-corrected chi connectivity index (χ3v) is 4.97. The minimum atomic E-state index is -1.05. The Balaban J connectivity index is 1.77. The Labute approximate surface area is 139 Å². The SMILES string of the molecule is C[S@](=O)c1ccc(C(=O)NCCC(=O)N2CCCCCC2)cc1. The second-order valence-electron chi connectivity index (χ2n) is 5.78. The van der Waals surface area contributed by atoms with Crippen LogP contribution in [0.5, 0.6) is 0 Å². The van der Waals surface area contributed by atoms with Gasteiger partial charge in [-0.3, -0.25) is 13.8 Å². The molecule has 0 aliphatic carbocycles. The standard InChI is InChI=1S/C17H24N2O3S/c1-23(22)15-8-6-14(7-9-15)17(21)18-11-10-16(20)19-12-4-2-3-5-13-19/h6-9H,2-5,10-13H2,1H3,(H,18,21)/t23-/m0/s1. The molecule has 6 heteroatoms. The first-order valence-electron chi connectivity index (χ1n) is 8.07. The lowest BCUT2D eigenvalue weighted by molar-refractivity contribution is -0.131. The molecule has 0 unspecified atom stereocenters. The smallest absolute Gasteiger partial charge is 0.251 e. The van der Waals surface area contributed by atoms with Crippen LogP contribution in [-0.4, -0.2) is 46.8 Å². The van der Waals surface area contributed by atoms with Crippen molar-refractivity contribution >= 4 is 22.6 Å². The normalized spacial score (nSPS) is 16.5. The van der Waals surface area contributed by atoms with Gasteiger partial charge in [0.05, 0.1) is 0 Å². The van der Waals surface area contributed by atoms with Crippen LogP contribution in [0.25, 0.3) is 0 Å². The number of nitrogens with zero attached hydrogens (tertiary/aromatic N) is 1. The number of amides is 2. The summed E-state index contributed by atoms with van der Waals surface area (Å²) >= 11 is 0. The quantitative estimate of drug-likeness (QED) is 0.894. The molecule has 1 heterocycles. The van der Waals surface area contributed by atoms with Crippen molar-refractivity contribution in [3.63, 3.8) is 0 Å². The first-order chi connectivity index (χ1) is 11.1. The number of likely N-dealkylation sites (tertiary alicyclic amines) is 1. The average molecular weight is 336 g/mol. The maximum absolute atomic E-state index is 12.1. The maximum Gasteiger partial charge on any atom is 0.251 e. The minimum Gasteiger partial charge on any atom is -0.352 e. The van der Waals surface area contributed by atoms with Crippen LogP contribution in [0.4, 0.5) is 0 Å². The van der Waals surface area contributed by atoms with E-state index in [-0.39, 0.29) is 11.8 Å². The Morgan fingerprint density at radius 1 is 1.09 bits per heavy atom. The molecular weight excluding hydrogens is 312 g/mol. The van der Waals surface area contributed by atoms with Crippen LogP contribution in [0.1, 0.15) is 42.5 Å². The third kappa shape index (κ3) is 5.46. The van der Waals surface area contributed by atoms with E-state index >= 15 is 0 Å². The summed E-state index contributed by atoms with van der Waals surface area (Å²) in [5.74, 6) is -0.0916. The summed E-state index contributed by atoms with van der Waals surface area (Å²) in [4.78, 5) is 26.8. The lowest BCUT2D eigenvalue weighted by atomic mass is 10.2. The number of benzene rings is 1. The fraction of sp³-hybridized carbons (Fsp3) is 0.529. The zero-order chi connectivity index (χ0) is 16.7. The molecular formula is C17H24N2O3S. The summed E-state index contributed by atoms with van der Waals surface area (Å²) in [6, 6.07) is 6.69. The molecule has 0 aromatic heterocycles. The summed E-state index contributed by atoms with van der Waals surface area (Å²) in [7, 11) is -1.05. The van der Waals surface area contributed by atoms with Gasteiger partial charge in [-0.25, -0.2) is 0 Å². The maximum atomic E-state index is 12.1. The molecule has 0 radical (unpaired) electrons. The molecule has 2 amide bonds. The molecule has 0 saturated carbocycles. The average Bonchev–Trinajstić information content (AvgIpc) is 2.84. The van der Waals surface area contributed by atoms with Crippen molar-refractivity contribution in [1.29, 1.82) is 0 Å². The highest BCUT2D eigenvalue weighted by Gasteiger charge is 2.15. The lowest BCUT2D eigenvalue weighted by Crippen LogP contribution is -2.35. The number of hydrogen-bond donors (Lipinski definition) is 1. The molecule has 1 saturated heterocycles. The van der Waals surface area contributed by atoms with Crippen LogP contribution in [0.3, 0.4) is 0 Å². The molecule has 1 N–H and O–H groups in total. The van der Waals surface area contributed by atoms with Gasteiger partial charge in [-0.15, -0.1) is 0 Å². The van der Waals surface area contributed by atoms with Crippen molar-refractivity contribution in [2.75, 3.05) is 25.9 Å². The highest BCUT2D eigenvalue weighted by molar-refractivity contribution is 7.84. The van der Waals surface area contributed by atoms with Crippen LogP contribution >= 0.6 is 0 Å². The van der Waals surface area contributed by atoms with Gasteiger partial charge < -0.3 is 10.2 Å². The van der Waals surface area contributed by atoms with E-state index < -0.39 is 10.8 Å². The van der Waals surface area contributed by atoms with Gasteiger partial charge in [-0.2, -0.15) is 0 Å². The fourth-order valence-corrected chi connectivity index (χ4v) is 3.18. The van der Waals surface area contributed by atoms with E-state index in [1.807, 2.05) is 4.90 Å². The van der Waals surface area contributed by atoms with Crippen LogP contribution in [0.2, 0.25) is 0 Å². The fourth-order valence-electron chi connectivity index (χ4n) is 2.66. The summed E-state index contributed by atoms with van der Waals surface area (Å²) in [6.07, 6.45) is 6.47. The van der Waals surface area contributed by atoms with Crippen molar-refractivity contribution < 1.29 is 13.8 Å². The predicted molar refractivity (Wildman–Crippen MR) is 90.8 cm³/mol. The topological polar surface area (TPSA) is 66.5 Å². The molecule has 1 aliphatic heterocycles. The number of carbonyl (C=O) groups is 2. The van der Waals surface area contributed by atoms with E-state index in [9.17, 15) is 13.8 Å². The minimum absolute atomic E-state index is 0.115. The predicted octanol–water partition coefficient (Wildman–Crippen LogP) is 1.95. The van der Waals surface area contributed by atoms with Gasteiger partial charge in [0.2, 0.25) is 5.91 Å². The monoisotopic (exact) mass is 336 g/mol. The second kappa shape index (κ2) is 8.82. The number of carbonyl (C=O) groups excluding carboxylic acids is 2. The van der Waals surface area contributed by atoms with Crippen LogP contribution < -0.4 is 5.32 Å². The molecule has 1 aliphatic rings. The van der Waals surface area contributed by atoms with Crippen LogP contribution in [0.15, 0.2) is 29.2 Å². The van der Waals surface area contributed by atoms with E-state index in [1.54, 1.807) is 30.5 Å². The molecule has 2 rings (SSSR count). The third-order valence-electron chi connectivity index (χ3n) is 4.03. The molecule has 0 bridgehead atoms. The molecule has 5 nitrogen and oxygen atoms in total. The Morgan fingerprint density at radius 2 is 1.70 bits per heavy atom. The van der Waals surface area contributed by atoms with Gasteiger partial charge in [-0.05, 0) is 37.1 Å². The Bertz CT molecular complexity index is 564. The second-order valence-corrected chi connectivity index (χ2v) is 7.16. The zero-order valence-electron chi connectivity index (χ0n) is 13.5. The molecule has 1 atom stereocenters. The van der Waals surface area contributed by atoms with Crippen molar-refractivity contribution in [2.45, 2.75) is 37.0 Å². The summed E-state index contributed by atoms with van der Waals surface area (Å²) in [6.45, 7) is 2.01. The first-order valence-corrected chi connectivity index (χ1v) is 9.63. The number of nitrogens with one attached hydrogen (secondary N) is 1. The van der Waals surface area contributed by atoms with Gasteiger partial charge in [0, 0.05) is 53.6 Å². The molecule has 1 aromatic rings. The Kier molecular flexibility index (Phi) is 6.77. The first kappa shape index (κ1) is 17.7. The van der Waals surface area contributed by atoms with Crippen molar-refractivity contribution in [1.82, 2.24) is 10.2 Å². The van der Waals surface area contributed by atoms with Gasteiger partial charge in [0.15, 0.2) is 0 Å². The van der Waals surface area contributed by atoms with E-state index in [1.165, 1.54) is 12.8 Å². The number of hydrogen-bond acceptors (Lipinski definition) is 3. The van der Waals surface area contributed by atoms with E-state index in [0.717, 1.165) is 25.9 Å². The molecule has 1 fully saturated rings. The summed E-state index contributed by atoms with van der Waals surface area (Å²) in [5, 5.41) is 2.77. The summed E-state index contributed by atoms with van der Waals surface area (Å²) < 4.78 is 11.3. The van der Waals surface area contributed by atoms with E-state index in [2.05, 4.69) is 5.32 Å². The van der Waals surface area contributed by atoms with Gasteiger partial charge in [0.1, 0.15) is 0 Å². The molecule has 0 spiro atoms. The van der Waals surface area contributed by atoms with Crippen LogP contribution in [-0.2, 0) is 15.6 Å². The molecule has 23 heavy (non-hydrogen) atoms. The number of rotatable bonds is 5. The van der Waals surface area contributed by atoms with Gasteiger partial charge in [0.25, 0.3) is 5.91 Å². The van der Waals surface area contributed by atoms with Gasteiger partial charge in [-0.1, -0.05) is 12.8 Å². The molecule has 126 valence electrons. The van der Waals surface area contributed by atoms with E-state index in [0.29, 0.717) is 23.4 Å². The lowest BCUT2D eigenvalue weighted by Gasteiger charge is -2.20. The van der Waals surface area contributed by atoms with E-state index in [4.69, 9.17) is 0 Å². The van der Waals surface area contributed by atoms with Gasteiger partial charge >= 0.3 is 0 Å². The van der Waals surface area contributed by atoms with Crippen molar-refractivity contribution in [3.05, 3.63) is 29.8 Å². The Morgan fingerprint density at radius 3 is 2.26 bits per heavy atom. The highest BCUT2D eigenvalue weighted by atomic mass is 32.2. The van der Waals surface area contributed by atoms with Crippen LogP contribution in [0, 0.1) is 0 Å². The Hall–Kier alpha value is -1.69. The summed E-state index contributed by atoms with van der Waals surface area (Å²) in [5.41, 5.74) is 0.515. The van der Waals surface area contributed by atoms with Crippen molar-refractivity contribution in [2.24, 2.45) is 0 Å².